The molecule has 0 spiro atoms. The number of rotatable bonds is 7. The molecule has 0 saturated carbocycles. The van der Waals surface area contributed by atoms with Gasteiger partial charge in [0, 0.05) is 11.6 Å². The van der Waals surface area contributed by atoms with Gasteiger partial charge in [-0.05, 0) is 37.0 Å². The zero-order valence-electron chi connectivity index (χ0n) is 10.8. The third-order valence-electron chi connectivity index (χ3n) is 3.16. The summed E-state index contributed by atoms with van der Waals surface area (Å²) in [6.45, 7) is 1.86. The van der Waals surface area contributed by atoms with Crippen LogP contribution in [0.2, 0.25) is 0 Å². The Hall–Kier alpha value is -1.10. The summed E-state index contributed by atoms with van der Waals surface area (Å²) < 4.78 is 0. The number of aliphatic hydroxyl groups excluding tert-OH is 2. The fourth-order valence-electron chi connectivity index (χ4n) is 1.98. The Labute approximate surface area is 108 Å². The summed E-state index contributed by atoms with van der Waals surface area (Å²) in [6.07, 6.45) is 2.56. The minimum atomic E-state index is -0.503. The minimum absolute atomic E-state index is 0.101. The van der Waals surface area contributed by atoms with Crippen LogP contribution in [0.25, 0.3) is 0 Å². The van der Waals surface area contributed by atoms with Crippen LogP contribution in [0, 0.1) is 0 Å². The van der Waals surface area contributed by atoms with E-state index in [1.807, 2.05) is 6.92 Å². The second-order valence-electron chi connectivity index (χ2n) is 4.68. The van der Waals surface area contributed by atoms with Gasteiger partial charge < -0.3 is 21.1 Å². The predicted octanol–water partition coefficient (Wildman–Crippen LogP) is 1.31. The molecule has 0 radical (unpaired) electrons. The Kier molecular flexibility index (Phi) is 6.12. The molecule has 0 saturated heterocycles. The topological polar surface area (TPSA) is 86.7 Å². The Morgan fingerprint density at radius 2 is 2.00 bits per heavy atom. The molecule has 2 unspecified atom stereocenters. The van der Waals surface area contributed by atoms with Crippen molar-refractivity contribution in [3.8, 4) is 5.75 Å². The predicted molar refractivity (Wildman–Crippen MR) is 71.2 cm³/mol. The third kappa shape index (κ3) is 4.29. The highest BCUT2D eigenvalue weighted by molar-refractivity contribution is 5.35. The first-order chi connectivity index (χ1) is 8.58. The van der Waals surface area contributed by atoms with E-state index in [1.54, 1.807) is 18.2 Å². The van der Waals surface area contributed by atoms with Gasteiger partial charge in [0.2, 0.25) is 0 Å². The number of aryl methyl sites for hydroxylation is 1. The zero-order valence-corrected chi connectivity index (χ0v) is 10.8. The van der Waals surface area contributed by atoms with Crippen molar-refractivity contribution < 1.29 is 15.3 Å². The number of benzene rings is 1. The number of phenols is 1. The van der Waals surface area contributed by atoms with Crippen LogP contribution in [0.1, 0.15) is 37.3 Å². The van der Waals surface area contributed by atoms with Crippen molar-refractivity contribution in [1.29, 1.82) is 0 Å². The van der Waals surface area contributed by atoms with Gasteiger partial charge in [0.25, 0.3) is 0 Å². The Bertz CT molecular complexity index is 368. The smallest absolute Gasteiger partial charge is 0.121 e. The van der Waals surface area contributed by atoms with E-state index in [0.717, 1.165) is 18.4 Å². The highest BCUT2D eigenvalue weighted by atomic mass is 16.3. The summed E-state index contributed by atoms with van der Waals surface area (Å²) >= 11 is 0. The first-order valence-corrected chi connectivity index (χ1v) is 6.43. The first kappa shape index (κ1) is 15.0. The molecular weight excluding hydrogens is 230 g/mol. The molecule has 18 heavy (non-hydrogen) atoms. The Balaban J connectivity index is 2.53. The Morgan fingerprint density at radius 3 is 2.61 bits per heavy atom. The van der Waals surface area contributed by atoms with Crippen molar-refractivity contribution in [3.63, 3.8) is 0 Å². The molecule has 0 aliphatic carbocycles. The number of aromatic hydroxyl groups is 1. The summed E-state index contributed by atoms with van der Waals surface area (Å²) in [7, 11) is 0. The van der Waals surface area contributed by atoms with E-state index in [-0.39, 0.29) is 18.4 Å². The second-order valence-corrected chi connectivity index (χ2v) is 4.68. The van der Waals surface area contributed by atoms with Crippen LogP contribution in [-0.4, -0.2) is 27.5 Å². The standard InChI is InChI=1S/C14H23NO3/c1-2-3-12(15)14(18)7-5-10-4-6-13(17)11(8-10)9-16/h4,6,8,12,14,16-18H,2-3,5,7,9,15H2,1H3. The lowest BCUT2D eigenvalue weighted by molar-refractivity contribution is 0.131. The van der Waals surface area contributed by atoms with Gasteiger partial charge in [0.15, 0.2) is 0 Å². The molecule has 1 rings (SSSR count). The largest absolute Gasteiger partial charge is 0.508 e. The summed E-state index contributed by atoms with van der Waals surface area (Å²) in [5.74, 6) is 0.101. The van der Waals surface area contributed by atoms with Crippen molar-refractivity contribution in [2.45, 2.75) is 51.4 Å². The van der Waals surface area contributed by atoms with Gasteiger partial charge in [-0.1, -0.05) is 19.4 Å². The maximum atomic E-state index is 9.87. The van der Waals surface area contributed by atoms with E-state index in [1.165, 1.54) is 0 Å². The summed E-state index contributed by atoms with van der Waals surface area (Å²) in [4.78, 5) is 0. The fraction of sp³-hybridized carbons (Fsp3) is 0.571. The lowest BCUT2D eigenvalue weighted by atomic mass is 9.98. The number of nitrogens with two attached hydrogens (primary N) is 1. The van der Waals surface area contributed by atoms with Gasteiger partial charge in [0.05, 0.1) is 12.7 Å². The lowest BCUT2D eigenvalue weighted by Crippen LogP contribution is -2.34. The van der Waals surface area contributed by atoms with Gasteiger partial charge in [-0.25, -0.2) is 0 Å². The molecule has 0 aliphatic heterocycles. The van der Waals surface area contributed by atoms with Crippen molar-refractivity contribution in [1.82, 2.24) is 0 Å². The summed E-state index contributed by atoms with van der Waals surface area (Å²) in [5.41, 5.74) is 7.34. The highest BCUT2D eigenvalue weighted by Gasteiger charge is 2.13. The van der Waals surface area contributed by atoms with Crippen LogP contribution in [0.4, 0.5) is 0 Å². The van der Waals surface area contributed by atoms with Gasteiger partial charge >= 0.3 is 0 Å². The van der Waals surface area contributed by atoms with E-state index >= 15 is 0 Å². The van der Waals surface area contributed by atoms with E-state index in [2.05, 4.69) is 0 Å². The van der Waals surface area contributed by atoms with Crippen molar-refractivity contribution in [2.75, 3.05) is 0 Å². The molecule has 4 heteroatoms. The van der Waals surface area contributed by atoms with Crippen LogP contribution in [-0.2, 0) is 13.0 Å². The fourth-order valence-corrected chi connectivity index (χ4v) is 1.98. The average molecular weight is 253 g/mol. The molecule has 0 bridgehead atoms. The van der Waals surface area contributed by atoms with E-state index in [9.17, 15) is 10.2 Å². The zero-order chi connectivity index (χ0) is 13.5. The van der Waals surface area contributed by atoms with Crippen LogP contribution >= 0.6 is 0 Å². The molecule has 102 valence electrons. The van der Waals surface area contributed by atoms with Crippen LogP contribution in [0.15, 0.2) is 18.2 Å². The van der Waals surface area contributed by atoms with Gasteiger partial charge in [-0.15, -0.1) is 0 Å². The monoisotopic (exact) mass is 253 g/mol. The molecule has 0 amide bonds. The number of hydrogen-bond donors (Lipinski definition) is 4. The Morgan fingerprint density at radius 1 is 1.28 bits per heavy atom. The van der Waals surface area contributed by atoms with E-state index < -0.39 is 6.10 Å². The van der Waals surface area contributed by atoms with Crippen molar-refractivity contribution in [2.24, 2.45) is 5.73 Å². The van der Waals surface area contributed by atoms with Crippen molar-refractivity contribution in [3.05, 3.63) is 29.3 Å². The van der Waals surface area contributed by atoms with Gasteiger partial charge in [0.1, 0.15) is 5.75 Å². The first-order valence-electron chi connectivity index (χ1n) is 6.43. The molecule has 0 fully saturated rings. The maximum absolute atomic E-state index is 9.87. The quantitative estimate of drug-likeness (QED) is 0.590. The average Bonchev–Trinajstić information content (AvgIpc) is 2.37. The SMILES string of the molecule is CCCC(N)C(O)CCc1ccc(O)c(CO)c1. The third-order valence-corrected chi connectivity index (χ3v) is 3.16. The lowest BCUT2D eigenvalue weighted by Gasteiger charge is -2.18. The molecule has 0 aromatic heterocycles. The molecular formula is C14H23NO3. The van der Waals surface area contributed by atoms with Gasteiger partial charge in [-0.2, -0.15) is 0 Å². The maximum Gasteiger partial charge on any atom is 0.121 e. The molecule has 4 nitrogen and oxygen atoms in total. The number of hydrogen-bond acceptors (Lipinski definition) is 4. The molecule has 0 heterocycles. The summed E-state index contributed by atoms with van der Waals surface area (Å²) in [6, 6.07) is 4.95. The molecule has 1 aromatic rings. The van der Waals surface area contributed by atoms with Gasteiger partial charge in [-0.3, -0.25) is 0 Å². The molecule has 5 N–H and O–H groups in total. The molecule has 2 atom stereocenters. The van der Waals surface area contributed by atoms with Crippen molar-refractivity contribution >= 4 is 0 Å². The van der Waals surface area contributed by atoms with E-state index in [0.29, 0.717) is 18.4 Å². The van der Waals surface area contributed by atoms with Crippen LogP contribution in [0.3, 0.4) is 0 Å². The summed E-state index contributed by atoms with van der Waals surface area (Å²) in [5, 5.41) is 28.4. The van der Waals surface area contributed by atoms with Crippen LogP contribution in [0.5, 0.6) is 5.75 Å². The van der Waals surface area contributed by atoms with E-state index in [4.69, 9.17) is 10.8 Å². The molecule has 0 aliphatic rings. The van der Waals surface area contributed by atoms with Crippen LogP contribution < -0.4 is 5.73 Å². The number of aliphatic hydroxyl groups is 2. The molecule has 1 aromatic carbocycles. The second kappa shape index (κ2) is 7.36. The highest BCUT2D eigenvalue weighted by Crippen LogP contribution is 2.19. The normalized spacial score (nSPS) is 14.4. The minimum Gasteiger partial charge on any atom is -0.508 e.